The molecular formula is C20H25ClN4O3. The summed E-state index contributed by atoms with van der Waals surface area (Å²) in [6.45, 7) is 7.45. The lowest BCUT2D eigenvalue weighted by atomic mass is 10.1. The molecule has 1 amide bonds. The summed E-state index contributed by atoms with van der Waals surface area (Å²) in [5, 5.41) is 0.388. The molecule has 2 heterocycles. The van der Waals surface area contributed by atoms with Gasteiger partial charge in [-0.15, -0.1) is 0 Å². The van der Waals surface area contributed by atoms with Crippen molar-refractivity contribution in [3.05, 3.63) is 41.2 Å². The summed E-state index contributed by atoms with van der Waals surface area (Å²) in [7, 11) is 0. The number of carbonyl (C=O) groups is 1. The molecule has 0 saturated carbocycles. The third-order valence-corrected chi connectivity index (χ3v) is 4.69. The molecule has 0 unspecified atom stereocenters. The Morgan fingerprint density at radius 3 is 2.46 bits per heavy atom. The molecule has 28 heavy (non-hydrogen) atoms. The monoisotopic (exact) mass is 404 g/mol. The SMILES string of the molecule is CCCOc1c(Cl)cc(C(=O)N2CCN(c3ncccn3)CC2)cc1OCC. The van der Waals surface area contributed by atoms with E-state index in [1.807, 2.05) is 18.7 Å². The van der Waals surface area contributed by atoms with Gasteiger partial charge in [0.25, 0.3) is 5.91 Å². The third-order valence-electron chi connectivity index (χ3n) is 4.41. The Balaban J connectivity index is 1.72. The lowest BCUT2D eigenvalue weighted by Crippen LogP contribution is -2.49. The van der Waals surface area contributed by atoms with Crippen molar-refractivity contribution in [1.29, 1.82) is 0 Å². The molecule has 1 aromatic heterocycles. The average Bonchev–Trinajstić information content (AvgIpc) is 2.73. The topological polar surface area (TPSA) is 67.8 Å². The van der Waals surface area contributed by atoms with Crippen molar-refractivity contribution >= 4 is 23.5 Å². The highest BCUT2D eigenvalue weighted by molar-refractivity contribution is 6.32. The van der Waals surface area contributed by atoms with E-state index < -0.39 is 0 Å². The fourth-order valence-electron chi connectivity index (χ4n) is 3.05. The summed E-state index contributed by atoms with van der Waals surface area (Å²) in [6.07, 6.45) is 4.30. The zero-order chi connectivity index (χ0) is 19.9. The number of anilines is 1. The molecule has 0 N–H and O–H groups in total. The zero-order valence-electron chi connectivity index (χ0n) is 16.2. The van der Waals surface area contributed by atoms with Gasteiger partial charge in [-0.25, -0.2) is 9.97 Å². The van der Waals surface area contributed by atoms with E-state index >= 15 is 0 Å². The van der Waals surface area contributed by atoms with Crippen LogP contribution in [0, 0.1) is 0 Å². The molecule has 1 aliphatic rings. The lowest BCUT2D eigenvalue weighted by molar-refractivity contribution is 0.0745. The standard InChI is InChI=1S/C20H25ClN4O3/c1-3-12-28-18-16(21)13-15(14-17(18)27-4-2)19(26)24-8-10-25(11-9-24)20-22-6-5-7-23-20/h5-7,13-14H,3-4,8-12H2,1-2H3. The van der Waals surface area contributed by atoms with Gasteiger partial charge in [-0.2, -0.15) is 0 Å². The van der Waals surface area contributed by atoms with Crippen LogP contribution in [0.15, 0.2) is 30.6 Å². The van der Waals surface area contributed by atoms with Gasteiger partial charge in [0, 0.05) is 44.1 Å². The van der Waals surface area contributed by atoms with Gasteiger partial charge in [0.15, 0.2) is 11.5 Å². The molecule has 1 aromatic carbocycles. The number of benzene rings is 1. The largest absolute Gasteiger partial charge is 0.490 e. The summed E-state index contributed by atoms with van der Waals surface area (Å²) >= 11 is 6.39. The van der Waals surface area contributed by atoms with E-state index in [9.17, 15) is 4.79 Å². The summed E-state index contributed by atoms with van der Waals surface area (Å²) in [4.78, 5) is 25.4. The number of carbonyl (C=O) groups excluding carboxylic acids is 1. The molecular weight excluding hydrogens is 380 g/mol. The lowest BCUT2D eigenvalue weighted by Gasteiger charge is -2.34. The van der Waals surface area contributed by atoms with E-state index in [0.29, 0.717) is 67.4 Å². The third kappa shape index (κ3) is 4.65. The molecule has 7 nitrogen and oxygen atoms in total. The van der Waals surface area contributed by atoms with E-state index in [0.717, 1.165) is 6.42 Å². The van der Waals surface area contributed by atoms with Crippen LogP contribution >= 0.6 is 11.6 Å². The van der Waals surface area contributed by atoms with Crippen LogP contribution in [0.4, 0.5) is 5.95 Å². The van der Waals surface area contributed by atoms with Gasteiger partial charge >= 0.3 is 0 Å². The van der Waals surface area contributed by atoms with Crippen molar-refractivity contribution in [2.75, 3.05) is 44.3 Å². The Kier molecular flexibility index (Phi) is 6.92. The Morgan fingerprint density at radius 1 is 1.11 bits per heavy atom. The Labute approximate surface area is 170 Å². The predicted octanol–water partition coefficient (Wildman–Crippen LogP) is 3.28. The second-order valence-corrected chi connectivity index (χ2v) is 6.80. The highest BCUT2D eigenvalue weighted by atomic mass is 35.5. The van der Waals surface area contributed by atoms with Gasteiger partial charge in [0.1, 0.15) is 0 Å². The minimum absolute atomic E-state index is 0.0708. The predicted molar refractivity (Wildman–Crippen MR) is 109 cm³/mol. The summed E-state index contributed by atoms with van der Waals surface area (Å²) < 4.78 is 11.4. The molecule has 8 heteroatoms. The van der Waals surface area contributed by atoms with Gasteiger partial charge < -0.3 is 19.3 Å². The van der Waals surface area contributed by atoms with Crippen molar-refractivity contribution in [1.82, 2.24) is 14.9 Å². The van der Waals surface area contributed by atoms with Crippen molar-refractivity contribution in [3.63, 3.8) is 0 Å². The fraction of sp³-hybridized carbons (Fsp3) is 0.450. The normalized spacial score (nSPS) is 14.1. The molecule has 0 bridgehead atoms. The number of rotatable bonds is 7. The zero-order valence-corrected chi connectivity index (χ0v) is 17.0. The molecule has 0 spiro atoms. The molecule has 0 atom stereocenters. The average molecular weight is 405 g/mol. The van der Waals surface area contributed by atoms with Crippen molar-refractivity contribution in [2.45, 2.75) is 20.3 Å². The number of piperazine rings is 1. The number of halogens is 1. The van der Waals surface area contributed by atoms with Crippen molar-refractivity contribution in [2.24, 2.45) is 0 Å². The molecule has 1 fully saturated rings. The van der Waals surface area contributed by atoms with Crippen LogP contribution in [0.1, 0.15) is 30.6 Å². The number of hydrogen-bond acceptors (Lipinski definition) is 6. The second-order valence-electron chi connectivity index (χ2n) is 6.39. The van der Waals surface area contributed by atoms with Crippen LogP contribution in [0.2, 0.25) is 5.02 Å². The van der Waals surface area contributed by atoms with Crippen molar-refractivity contribution < 1.29 is 14.3 Å². The minimum atomic E-state index is -0.0708. The molecule has 150 valence electrons. The van der Waals surface area contributed by atoms with Gasteiger partial charge in [0.05, 0.1) is 18.2 Å². The van der Waals surface area contributed by atoms with Crippen LogP contribution in [0.3, 0.4) is 0 Å². The quantitative estimate of drug-likeness (QED) is 0.705. The van der Waals surface area contributed by atoms with Gasteiger partial charge in [-0.1, -0.05) is 18.5 Å². The number of amides is 1. The summed E-state index contributed by atoms with van der Waals surface area (Å²) in [6, 6.07) is 5.16. The first-order valence-electron chi connectivity index (χ1n) is 9.54. The summed E-state index contributed by atoms with van der Waals surface area (Å²) in [5.41, 5.74) is 0.502. The fourth-order valence-corrected chi connectivity index (χ4v) is 3.31. The van der Waals surface area contributed by atoms with Gasteiger partial charge in [0.2, 0.25) is 5.95 Å². The number of ether oxygens (including phenoxy) is 2. The highest BCUT2D eigenvalue weighted by Crippen LogP contribution is 2.37. The molecule has 3 rings (SSSR count). The highest BCUT2D eigenvalue weighted by Gasteiger charge is 2.25. The number of nitrogens with zero attached hydrogens (tertiary/aromatic N) is 4. The molecule has 0 aliphatic carbocycles. The number of hydrogen-bond donors (Lipinski definition) is 0. The van der Waals surface area contributed by atoms with Gasteiger partial charge in [-0.05, 0) is 31.5 Å². The molecule has 1 saturated heterocycles. The first kappa shape index (κ1) is 20.2. The maximum atomic E-state index is 13.0. The minimum Gasteiger partial charge on any atom is -0.490 e. The van der Waals surface area contributed by atoms with E-state index in [2.05, 4.69) is 14.9 Å². The van der Waals surface area contributed by atoms with E-state index in [1.54, 1.807) is 30.6 Å². The maximum Gasteiger partial charge on any atom is 0.254 e. The molecule has 1 aliphatic heterocycles. The maximum absolute atomic E-state index is 13.0. The first-order valence-corrected chi connectivity index (χ1v) is 9.92. The smallest absolute Gasteiger partial charge is 0.254 e. The molecule has 2 aromatic rings. The Morgan fingerprint density at radius 2 is 1.82 bits per heavy atom. The second kappa shape index (κ2) is 9.59. The first-order chi connectivity index (χ1) is 13.6. The Hall–Kier alpha value is -2.54. The van der Waals surface area contributed by atoms with Crippen molar-refractivity contribution in [3.8, 4) is 11.5 Å². The van der Waals surface area contributed by atoms with E-state index in [-0.39, 0.29) is 5.91 Å². The Bertz CT molecular complexity index is 796. The van der Waals surface area contributed by atoms with Crippen LogP contribution < -0.4 is 14.4 Å². The van der Waals surface area contributed by atoms with E-state index in [1.165, 1.54) is 0 Å². The van der Waals surface area contributed by atoms with E-state index in [4.69, 9.17) is 21.1 Å². The molecule has 0 radical (unpaired) electrons. The summed E-state index contributed by atoms with van der Waals surface area (Å²) in [5.74, 6) is 1.61. The number of aromatic nitrogens is 2. The van der Waals surface area contributed by atoms with Crippen LogP contribution in [0.25, 0.3) is 0 Å². The van der Waals surface area contributed by atoms with Crippen LogP contribution in [-0.4, -0.2) is 60.2 Å². The van der Waals surface area contributed by atoms with Crippen LogP contribution in [0.5, 0.6) is 11.5 Å². The van der Waals surface area contributed by atoms with Crippen LogP contribution in [-0.2, 0) is 0 Å². The van der Waals surface area contributed by atoms with Gasteiger partial charge in [-0.3, -0.25) is 4.79 Å².